The first kappa shape index (κ1) is 23.7. The number of nitrogens with zero attached hydrogens (tertiary/aromatic N) is 3. The first-order valence-electron chi connectivity index (χ1n) is 13.1. The summed E-state index contributed by atoms with van der Waals surface area (Å²) in [6, 6.07) is 24.8. The topological polar surface area (TPSA) is 62.2 Å². The van der Waals surface area contributed by atoms with E-state index in [-0.39, 0.29) is 18.0 Å². The molecule has 3 heterocycles. The second kappa shape index (κ2) is 10.3. The van der Waals surface area contributed by atoms with Crippen LogP contribution in [-0.4, -0.2) is 32.0 Å². The molecule has 2 aromatic heterocycles. The van der Waals surface area contributed by atoms with Crippen molar-refractivity contribution in [1.82, 2.24) is 19.8 Å². The summed E-state index contributed by atoms with van der Waals surface area (Å²) in [6.45, 7) is 0.520. The summed E-state index contributed by atoms with van der Waals surface area (Å²) in [5, 5.41) is 9.46. The van der Waals surface area contributed by atoms with E-state index < -0.39 is 0 Å². The van der Waals surface area contributed by atoms with Gasteiger partial charge in [-0.3, -0.25) is 9.78 Å². The Kier molecular flexibility index (Phi) is 6.62. The Hall–Kier alpha value is -3.71. The number of fused-ring (bicyclic) bond motifs is 1. The molecule has 1 saturated carbocycles. The molecule has 188 valence electrons. The molecule has 7 heteroatoms. The van der Waals surface area contributed by atoms with Crippen LogP contribution in [0.2, 0.25) is 0 Å². The molecular weight excluding hydrogens is 478 g/mol. The molecule has 0 unspecified atom stereocenters. The number of hydrogen-bond donors (Lipinski definition) is 2. The fraction of sp³-hybridized carbons (Fsp3) is 0.300. The van der Waals surface area contributed by atoms with Gasteiger partial charge in [-0.05, 0) is 60.8 Å². The van der Waals surface area contributed by atoms with Crippen LogP contribution in [0.25, 0.3) is 10.8 Å². The Morgan fingerprint density at radius 3 is 2.65 bits per heavy atom. The van der Waals surface area contributed by atoms with Crippen LogP contribution in [0, 0.1) is 0 Å². The third-order valence-corrected chi connectivity index (χ3v) is 8.03. The molecule has 1 aliphatic carbocycles. The van der Waals surface area contributed by atoms with Crippen LogP contribution in [0.4, 0.5) is 5.69 Å². The van der Waals surface area contributed by atoms with Gasteiger partial charge in [-0.2, -0.15) is 0 Å². The average Bonchev–Trinajstić information content (AvgIpc) is 3.68. The van der Waals surface area contributed by atoms with Crippen LogP contribution in [0.15, 0.2) is 85.2 Å². The molecule has 1 aliphatic heterocycles. The van der Waals surface area contributed by atoms with Gasteiger partial charge in [0.1, 0.15) is 0 Å². The zero-order chi connectivity index (χ0) is 25.2. The summed E-state index contributed by atoms with van der Waals surface area (Å²) in [4.78, 5) is 20.0. The van der Waals surface area contributed by atoms with E-state index in [9.17, 15) is 4.79 Å². The zero-order valence-corrected chi connectivity index (χ0v) is 21.5. The lowest BCUT2D eigenvalue weighted by Gasteiger charge is -2.30. The lowest BCUT2D eigenvalue weighted by atomic mass is 10.0. The monoisotopic (exact) mass is 509 g/mol. The predicted molar refractivity (Wildman–Crippen MR) is 151 cm³/mol. The molecule has 6 nitrogen and oxygen atoms in total. The fourth-order valence-corrected chi connectivity index (χ4v) is 6.24. The highest BCUT2D eigenvalue weighted by molar-refractivity contribution is 7.80. The third kappa shape index (κ3) is 4.71. The van der Waals surface area contributed by atoms with Crippen molar-refractivity contribution in [1.29, 1.82) is 0 Å². The number of carbonyl (C=O) groups is 1. The number of aromatic nitrogens is 2. The van der Waals surface area contributed by atoms with E-state index in [1.165, 1.54) is 31.4 Å². The van der Waals surface area contributed by atoms with Gasteiger partial charge in [0.15, 0.2) is 5.11 Å². The average molecular weight is 510 g/mol. The van der Waals surface area contributed by atoms with Crippen molar-refractivity contribution < 1.29 is 4.79 Å². The third-order valence-electron chi connectivity index (χ3n) is 7.67. The molecule has 2 aliphatic rings. The Balaban J connectivity index is 1.25. The number of benzene rings is 2. The van der Waals surface area contributed by atoms with E-state index in [1.54, 1.807) is 0 Å². The first-order valence-corrected chi connectivity index (χ1v) is 13.5. The molecule has 0 spiro atoms. The molecule has 0 radical (unpaired) electrons. The molecule has 1 amide bonds. The maximum atomic E-state index is 13.1. The molecular formula is C30H31N5OS. The summed E-state index contributed by atoms with van der Waals surface area (Å²) >= 11 is 5.84. The maximum Gasteiger partial charge on any atom is 0.226 e. The molecule has 37 heavy (non-hydrogen) atoms. The van der Waals surface area contributed by atoms with Gasteiger partial charge in [-0.1, -0.05) is 55.3 Å². The van der Waals surface area contributed by atoms with Gasteiger partial charge in [0.2, 0.25) is 5.91 Å². The van der Waals surface area contributed by atoms with Crippen LogP contribution < -0.4 is 10.6 Å². The minimum absolute atomic E-state index is 0.0228. The van der Waals surface area contributed by atoms with E-state index >= 15 is 0 Å². The Morgan fingerprint density at radius 1 is 1.00 bits per heavy atom. The van der Waals surface area contributed by atoms with Gasteiger partial charge in [0.25, 0.3) is 0 Å². The number of thiocarbonyl (C=S) groups is 1. The van der Waals surface area contributed by atoms with Crippen molar-refractivity contribution in [3.8, 4) is 0 Å². The van der Waals surface area contributed by atoms with E-state index in [0.29, 0.717) is 24.1 Å². The van der Waals surface area contributed by atoms with E-state index in [1.807, 2.05) is 54.7 Å². The summed E-state index contributed by atoms with van der Waals surface area (Å²) in [7, 11) is 0. The lowest BCUT2D eigenvalue weighted by molar-refractivity contribution is -0.116. The summed E-state index contributed by atoms with van der Waals surface area (Å²) in [6.07, 6.45) is 9.31. The van der Waals surface area contributed by atoms with Crippen LogP contribution >= 0.6 is 12.2 Å². The van der Waals surface area contributed by atoms with Gasteiger partial charge in [0, 0.05) is 48.2 Å². The molecule has 2 aromatic carbocycles. The normalized spacial score (nSPS) is 19.9. The first-order chi connectivity index (χ1) is 18.2. The van der Waals surface area contributed by atoms with Crippen molar-refractivity contribution in [2.45, 2.75) is 50.2 Å². The second-order valence-corrected chi connectivity index (χ2v) is 10.3. The van der Waals surface area contributed by atoms with Crippen molar-refractivity contribution in [3.05, 3.63) is 96.6 Å². The van der Waals surface area contributed by atoms with Gasteiger partial charge < -0.3 is 20.1 Å². The minimum Gasteiger partial charge on any atom is -0.352 e. The zero-order valence-electron chi connectivity index (χ0n) is 20.7. The van der Waals surface area contributed by atoms with Crippen molar-refractivity contribution in [2.24, 2.45) is 0 Å². The number of rotatable bonds is 7. The van der Waals surface area contributed by atoms with E-state index in [4.69, 9.17) is 12.2 Å². The summed E-state index contributed by atoms with van der Waals surface area (Å²) < 4.78 is 2.44. The molecule has 0 bridgehead atoms. The maximum absolute atomic E-state index is 13.1. The molecule has 2 fully saturated rings. The number of hydrogen-bond acceptors (Lipinski definition) is 3. The van der Waals surface area contributed by atoms with Gasteiger partial charge in [-0.15, -0.1) is 0 Å². The number of nitrogens with one attached hydrogen (secondary N) is 2. The van der Waals surface area contributed by atoms with E-state index in [2.05, 4.69) is 55.5 Å². The van der Waals surface area contributed by atoms with Gasteiger partial charge in [-0.25, -0.2) is 0 Å². The standard InChI is InChI=1S/C30H31N5OS/c36-27(32-24-15-7-10-21-9-1-4-13-23(21)24)17-20-35-29(26-16-8-19-34(26)22-11-2-3-12-22)28(33-30(35)37)25-14-5-6-18-31-25/h1,4-10,13-16,18-19,22,28-29H,2-3,11-12,17,20H2,(H,32,36)(H,33,37)/t28-,29-/m0/s1. The fourth-order valence-electron chi connectivity index (χ4n) is 5.91. The van der Waals surface area contributed by atoms with Crippen LogP contribution in [-0.2, 0) is 4.79 Å². The SMILES string of the molecule is O=C(CCN1C(=S)N[C@@H](c2ccccn2)[C@@H]1c1cccn1C1CCCC1)Nc1cccc2ccccc12. The Bertz CT molecular complexity index is 1410. The summed E-state index contributed by atoms with van der Waals surface area (Å²) in [5.74, 6) is -0.0228. The summed E-state index contributed by atoms with van der Waals surface area (Å²) in [5.41, 5.74) is 3.02. The molecule has 1 saturated heterocycles. The highest BCUT2D eigenvalue weighted by Gasteiger charge is 2.41. The number of amides is 1. The van der Waals surface area contributed by atoms with E-state index in [0.717, 1.165) is 22.2 Å². The second-order valence-electron chi connectivity index (χ2n) is 9.92. The van der Waals surface area contributed by atoms with Crippen molar-refractivity contribution in [3.63, 3.8) is 0 Å². The Labute approximate surface area is 222 Å². The quantitative estimate of drug-likeness (QED) is 0.293. The van der Waals surface area contributed by atoms with Crippen molar-refractivity contribution in [2.75, 3.05) is 11.9 Å². The van der Waals surface area contributed by atoms with Crippen LogP contribution in [0.1, 0.15) is 61.6 Å². The highest BCUT2D eigenvalue weighted by atomic mass is 32.1. The Morgan fingerprint density at radius 2 is 1.81 bits per heavy atom. The number of carbonyl (C=O) groups excluding carboxylic acids is 1. The molecule has 4 aromatic rings. The minimum atomic E-state index is -0.0788. The molecule has 2 N–H and O–H groups in total. The largest absolute Gasteiger partial charge is 0.352 e. The van der Waals surface area contributed by atoms with Crippen LogP contribution in [0.3, 0.4) is 0 Å². The highest BCUT2D eigenvalue weighted by Crippen LogP contribution is 2.41. The predicted octanol–water partition coefficient (Wildman–Crippen LogP) is 6.15. The van der Waals surface area contributed by atoms with Crippen molar-refractivity contribution >= 4 is 39.7 Å². The molecule has 6 rings (SSSR count). The molecule has 2 atom stereocenters. The number of anilines is 1. The lowest BCUT2D eigenvalue weighted by Crippen LogP contribution is -2.33. The smallest absolute Gasteiger partial charge is 0.226 e. The van der Waals surface area contributed by atoms with Gasteiger partial charge in [0.05, 0.1) is 17.8 Å². The van der Waals surface area contributed by atoms with Crippen LogP contribution in [0.5, 0.6) is 0 Å². The van der Waals surface area contributed by atoms with Gasteiger partial charge >= 0.3 is 0 Å². The number of pyridine rings is 1.